The van der Waals surface area contributed by atoms with Crippen molar-refractivity contribution >= 4 is 42.7 Å². The normalized spacial score (nSPS) is 20.0. The number of non-ortho nitro benzene ring substituents is 1. The zero-order chi connectivity index (χ0) is 57.3. The average Bonchev–Trinajstić information content (AvgIpc) is 3.76. The van der Waals surface area contributed by atoms with Gasteiger partial charge in [0, 0.05) is 57.5 Å². The average molecular weight is 1110 g/mol. The van der Waals surface area contributed by atoms with Gasteiger partial charge >= 0.3 is 5.97 Å². The fourth-order valence-corrected chi connectivity index (χ4v) is 20.4. The number of ether oxygens (including phenoxy) is 3. The summed E-state index contributed by atoms with van der Waals surface area (Å²) in [5, 5.41) is 11.6. The van der Waals surface area contributed by atoms with Crippen LogP contribution < -0.4 is 0 Å². The second-order valence-electron chi connectivity index (χ2n) is 24.2. The monoisotopic (exact) mass is 1110 g/mol. The predicted molar refractivity (Wildman–Crippen MR) is 320 cm³/mol. The topological polar surface area (TPSA) is 142 Å². The fraction of sp³-hybridized carbons (Fsp3) is 0.672. The highest BCUT2D eigenvalue weighted by Gasteiger charge is 2.48. The van der Waals surface area contributed by atoms with E-state index in [1.807, 2.05) is 45.1 Å². The molecule has 0 bridgehead atoms. The molecule has 0 N–H and O–H groups in total. The van der Waals surface area contributed by atoms with Gasteiger partial charge in [0.05, 0.1) is 28.8 Å². The molecule has 0 amide bonds. The van der Waals surface area contributed by atoms with Crippen LogP contribution in [0.4, 0.5) is 5.69 Å². The third-order valence-corrected chi connectivity index (χ3v) is 32.2. The molecule has 3 rings (SSSR count). The SMILES string of the molecule is CC[Si](CC)(CC)OCC[C@H]1C[C@@H](O[Si](C)(C)C(C)(C)C)O[C@@H]([C@H](C)/C=C/C=C(\C)[C@H](C[C@H](OC(=O)c2ccc([N+](=O)[O-])cc2)[C@@H](C)[C@@H](OC)/C(C)=C/C=C/C(C)=C/c2coc(C)n2)O[Si](C(C)C)(C(C)C)C(C)C)C1. The van der Waals surface area contributed by atoms with Crippen LogP contribution in [0, 0.1) is 34.8 Å². The maximum absolute atomic E-state index is 14.2. The molecule has 76 heavy (non-hydrogen) atoms. The number of benzene rings is 1. The molecular formula is C61H102N2O10Si3. The van der Waals surface area contributed by atoms with Gasteiger partial charge in [0.15, 0.2) is 22.5 Å². The first kappa shape index (κ1) is 66.7. The van der Waals surface area contributed by atoms with Gasteiger partial charge in [-0.15, -0.1) is 0 Å². The number of nitrogens with zero attached hydrogens (tertiary/aromatic N) is 2. The van der Waals surface area contributed by atoms with E-state index in [2.05, 4.69) is 140 Å². The number of nitro benzene ring substituents is 1. The van der Waals surface area contributed by atoms with Gasteiger partial charge in [-0.2, -0.15) is 0 Å². The molecule has 2 aromatic rings. The summed E-state index contributed by atoms with van der Waals surface area (Å²) >= 11 is 0. The zero-order valence-electron chi connectivity index (χ0n) is 50.9. The Morgan fingerprint density at radius 2 is 1.49 bits per heavy atom. The van der Waals surface area contributed by atoms with Crippen molar-refractivity contribution < 1.29 is 41.6 Å². The number of nitro groups is 1. The summed E-state index contributed by atoms with van der Waals surface area (Å²) in [6, 6.07) is 9.00. The minimum Gasteiger partial charge on any atom is -0.458 e. The molecule has 1 aliphatic rings. The number of carbonyl (C=O) groups excluding carboxylic acids is 1. The Balaban J connectivity index is 2.11. The van der Waals surface area contributed by atoms with Crippen LogP contribution >= 0.6 is 0 Å². The summed E-state index contributed by atoms with van der Waals surface area (Å²) in [6.45, 7) is 45.1. The van der Waals surface area contributed by atoms with Crippen molar-refractivity contribution in [1.29, 1.82) is 0 Å². The van der Waals surface area contributed by atoms with E-state index < -0.39 is 54.2 Å². The van der Waals surface area contributed by atoms with Gasteiger partial charge in [0.25, 0.3) is 5.69 Å². The van der Waals surface area contributed by atoms with E-state index in [1.54, 1.807) is 13.4 Å². The van der Waals surface area contributed by atoms with Gasteiger partial charge < -0.3 is 31.9 Å². The van der Waals surface area contributed by atoms with Crippen molar-refractivity contribution in [2.45, 2.75) is 234 Å². The van der Waals surface area contributed by atoms with Crippen LogP contribution in [0.3, 0.4) is 0 Å². The van der Waals surface area contributed by atoms with E-state index in [-0.39, 0.29) is 40.5 Å². The number of carbonyl (C=O) groups is 1. The van der Waals surface area contributed by atoms with Crippen molar-refractivity contribution in [3.63, 3.8) is 0 Å². The minimum absolute atomic E-state index is 0.0298. The zero-order valence-corrected chi connectivity index (χ0v) is 53.9. The van der Waals surface area contributed by atoms with Crippen LogP contribution in [0.2, 0.25) is 52.9 Å². The lowest BCUT2D eigenvalue weighted by atomic mass is 9.86. The highest BCUT2D eigenvalue weighted by molar-refractivity contribution is 6.77. The Kier molecular flexibility index (Phi) is 26.5. The molecular weight excluding hydrogens is 1000 g/mol. The van der Waals surface area contributed by atoms with Crippen LogP contribution in [-0.2, 0) is 27.5 Å². The maximum Gasteiger partial charge on any atom is 0.338 e. The van der Waals surface area contributed by atoms with Crippen LogP contribution in [0.1, 0.15) is 165 Å². The summed E-state index contributed by atoms with van der Waals surface area (Å²) in [5.74, 6) is 0.205. The van der Waals surface area contributed by atoms with E-state index in [0.717, 1.165) is 66.4 Å². The van der Waals surface area contributed by atoms with Gasteiger partial charge in [-0.3, -0.25) is 10.1 Å². The number of hydrogen-bond acceptors (Lipinski definition) is 11. The molecule has 0 aliphatic carbocycles. The van der Waals surface area contributed by atoms with Crippen molar-refractivity contribution in [3.05, 3.63) is 111 Å². The molecule has 428 valence electrons. The molecule has 1 aromatic carbocycles. The second-order valence-corrected chi connectivity index (χ2v) is 39.2. The number of hydrogen-bond donors (Lipinski definition) is 0. The molecule has 1 aromatic heterocycles. The van der Waals surface area contributed by atoms with E-state index >= 15 is 0 Å². The number of rotatable bonds is 30. The summed E-state index contributed by atoms with van der Waals surface area (Å²) in [6.07, 6.45) is 17.5. The van der Waals surface area contributed by atoms with Crippen LogP contribution in [0.5, 0.6) is 0 Å². The first-order chi connectivity index (χ1) is 35.5. The van der Waals surface area contributed by atoms with Crippen molar-refractivity contribution in [3.8, 4) is 0 Å². The lowest BCUT2D eigenvalue weighted by molar-refractivity contribution is -0.384. The number of esters is 1. The fourth-order valence-electron chi connectivity index (χ4n) is 10.9. The number of methoxy groups -OCH3 is 1. The number of aromatic nitrogens is 1. The summed E-state index contributed by atoms with van der Waals surface area (Å²) < 4.78 is 46.7. The Morgan fingerprint density at radius 3 is 2.00 bits per heavy atom. The Labute approximate surface area is 463 Å². The molecule has 12 nitrogen and oxygen atoms in total. The number of aryl methyl sites for hydroxylation is 1. The molecule has 1 aliphatic heterocycles. The summed E-state index contributed by atoms with van der Waals surface area (Å²) in [5.41, 5.74) is 4.70. The summed E-state index contributed by atoms with van der Waals surface area (Å²) in [7, 11) is -4.69. The Bertz CT molecular complexity index is 2240. The van der Waals surface area contributed by atoms with E-state index in [0.29, 0.717) is 34.9 Å². The van der Waals surface area contributed by atoms with Crippen molar-refractivity contribution in [1.82, 2.24) is 4.98 Å². The quantitative estimate of drug-likeness (QED) is 0.0243. The van der Waals surface area contributed by atoms with E-state index in [9.17, 15) is 14.9 Å². The Hall–Kier alpha value is -3.55. The van der Waals surface area contributed by atoms with Crippen molar-refractivity contribution in [2.75, 3.05) is 13.7 Å². The molecule has 0 unspecified atom stereocenters. The van der Waals surface area contributed by atoms with E-state index in [1.165, 1.54) is 24.3 Å². The van der Waals surface area contributed by atoms with Gasteiger partial charge in [-0.1, -0.05) is 133 Å². The molecule has 1 saturated heterocycles. The lowest BCUT2D eigenvalue weighted by Gasteiger charge is -2.45. The van der Waals surface area contributed by atoms with Crippen LogP contribution in [0.15, 0.2) is 88.1 Å². The lowest BCUT2D eigenvalue weighted by Crippen LogP contribution is -2.51. The molecule has 0 radical (unpaired) electrons. The highest BCUT2D eigenvalue weighted by atomic mass is 28.4. The predicted octanol–water partition coefficient (Wildman–Crippen LogP) is 17.3. The standard InChI is InChI=1S/C61H102N2O10Si3/c1-22-75(23-2,24-3)69-36-35-51-38-55(70-58(39-51)73-74(20,21)61(16,17)18)46(11)28-26-29-47(12)56(72-76(42(4)5,43(6)7)44(8)9)40-57(71-60(64)52-31-33-54(34-32-52)63(65)66)49(14)59(67-19)48(13)30-25-27-45(10)37-53-41-68-50(15)62-53/h25-34,37,41-44,46,49,51,55-59H,22-24,35-36,38-40H2,1-21H3/b27-25+,28-26+,45-37+,47-29+,48-30+/t46-,49-,51-,55-,56+,57+,58-,59+/m1/s1. The number of allylic oxidation sites excluding steroid dienone is 6. The highest BCUT2D eigenvalue weighted by Crippen LogP contribution is 2.45. The largest absolute Gasteiger partial charge is 0.458 e. The molecule has 2 heterocycles. The maximum atomic E-state index is 14.2. The van der Waals surface area contributed by atoms with Gasteiger partial charge in [0.2, 0.25) is 8.32 Å². The molecule has 0 saturated carbocycles. The smallest absolute Gasteiger partial charge is 0.338 e. The minimum atomic E-state index is -2.53. The third-order valence-electron chi connectivity index (χ3n) is 17.0. The number of oxazole rings is 1. The third kappa shape index (κ3) is 18.8. The van der Waals surface area contributed by atoms with Gasteiger partial charge in [0.1, 0.15) is 24.4 Å². The van der Waals surface area contributed by atoms with Crippen molar-refractivity contribution in [2.24, 2.45) is 17.8 Å². The van der Waals surface area contributed by atoms with Crippen LogP contribution in [0.25, 0.3) is 6.08 Å². The molecule has 8 atom stereocenters. The molecule has 0 spiro atoms. The first-order valence-electron chi connectivity index (χ1n) is 28.4. The second kappa shape index (κ2) is 30.2. The molecule has 15 heteroatoms. The summed E-state index contributed by atoms with van der Waals surface area (Å²) in [4.78, 5) is 29.7. The van der Waals surface area contributed by atoms with Crippen LogP contribution in [-0.4, -0.2) is 85.3 Å². The first-order valence-corrected chi connectivity index (χ1v) is 36.0. The van der Waals surface area contributed by atoms with Gasteiger partial charge in [-0.05, 0) is 127 Å². The van der Waals surface area contributed by atoms with E-state index in [4.69, 9.17) is 31.9 Å². The van der Waals surface area contributed by atoms with Gasteiger partial charge in [-0.25, -0.2) is 9.78 Å². The molecule has 1 fully saturated rings. The Morgan fingerprint density at radius 1 is 0.895 bits per heavy atom.